The topological polar surface area (TPSA) is 108 Å². The fourth-order valence-corrected chi connectivity index (χ4v) is 4.52. The van der Waals surface area contributed by atoms with E-state index in [4.69, 9.17) is 14.2 Å². The van der Waals surface area contributed by atoms with E-state index in [-0.39, 0.29) is 48.9 Å². The molecule has 1 aliphatic heterocycles. The number of carbonyl (C=O) groups excluding carboxylic acids is 2. The van der Waals surface area contributed by atoms with E-state index in [9.17, 15) is 18.0 Å². The van der Waals surface area contributed by atoms with Crippen LogP contribution in [0.3, 0.4) is 0 Å². The van der Waals surface area contributed by atoms with E-state index >= 15 is 0 Å². The van der Waals surface area contributed by atoms with Crippen LogP contribution in [-0.2, 0) is 33.8 Å². The summed E-state index contributed by atoms with van der Waals surface area (Å²) in [4.78, 5) is 24.4. The highest BCUT2D eigenvalue weighted by Gasteiger charge is 2.25. The van der Waals surface area contributed by atoms with E-state index in [1.807, 2.05) is 13.8 Å². The van der Waals surface area contributed by atoms with Gasteiger partial charge < -0.3 is 14.2 Å². The summed E-state index contributed by atoms with van der Waals surface area (Å²) < 4.78 is 44.4. The first-order valence-electron chi connectivity index (χ1n) is 10.9. The molecule has 33 heavy (non-hydrogen) atoms. The summed E-state index contributed by atoms with van der Waals surface area (Å²) in [7, 11) is -2.30. The molecule has 0 unspecified atom stereocenters. The fourth-order valence-electron chi connectivity index (χ4n) is 3.20. The van der Waals surface area contributed by atoms with Crippen LogP contribution in [0.5, 0.6) is 0 Å². The molecule has 0 aliphatic carbocycles. The molecule has 1 N–H and O–H groups in total. The van der Waals surface area contributed by atoms with Gasteiger partial charge in [-0.05, 0) is 25.0 Å². The fraction of sp³-hybridized carbons (Fsp3) is 0.500. The molecule has 0 saturated heterocycles. The Morgan fingerprint density at radius 2 is 1.45 bits per heavy atom. The van der Waals surface area contributed by atoms with Gasteiger partial charge in [0.1, 0.15) is 13.2 Å². The van der Waals surface area contributed by atoms with Crippen LogP contribution in [0.1, 0.15) is 32.3 Å². The van der Waals surface area contributed by atoms with Gasteiger partial charge >= 0.3 is 11.9 Å². The minimum atomic E-state index is -3.84. The average molecular weight is 480 g/mol. The first-order chi connectivity index (χ1) is 15.6. The molecule has 1 aliphatic rings. The Morgan fingerprint density at radius 3 is 2.03 bits per heavy atom. The summed E-state index contributed by atoms with van der Waals surface area (Å²) in [6.07, 6.45) is 6.53. The summed E-state index contributed by atoms with van der Waals surface area (Å²) in [5, 5.41) is 0. The normalized spacial score (nSPS) is 25.9. The first-order valence-corrected chi connectivity index (χ1v) is 12.4. The number of benzene rings is 1. The van der Waals surface area contributed by atoms with Crippen LogP contribution in [-0.4, -0.2) is 52.8 Å². The first kappa shape index (κ1) is 26.8. The number of hydrogen-bond acceptors (Lipinski definition) is 7. The summed E-state index contributed by atoms with van der Waals surface area (Å²) >= 11 is 0. The van der Waals surface area contributed by atoms with Gasteiger partial charge in [0.2, 0.25) is 10.0 Å². The molecule has 1 aromatic rings. The van der Waals surface area contributed by atoms with Crippen molar-refractivity contribution in [3.8, 4) is 0 Å². The third kappa shape index (κ3) is 8.75. The standard InChI is InChI=1S/C24H33NO7S/c1-17-11-13-20(14-12-17)33(28,29)25-21-15-31-23(26)10-6-8-19(3)22(30-4)16-32-24(27)9-5-7-18(21)2/h5-8,11-14,18-19,21-22,25H,9-10,15-16H2,1-4H3/t18-,19-,21-,22-/m0/s1. The summed E-state index contributed by atoms with van der Waals surface area (Å²) in [6.45, 7) is 5.49. The van der Waals surface area contributed by atoms with Gasteiger partial charge in [0.05, 0.1) is 29.9 Å². The Balaban J connectivity index is 2.20. The largest absolute Gasteiger partial charge is 0.464 e. The molecule has 9 heteroatoms. The highest BCUT2D eigenvalue weighted by molar-refractivity contribution is 7.89. The zero-order valence-electron chi connectivity index (χ0n) is 19.5. The molecule has 8 nitrogen and oxygen atoms in total. The maximum absolute atomic E-state index is 12.9. The monoisotopic (exact) mass is 479 g/mol. The minimum absolute atomic E-state index is 0.0300. The van der Waals surface area contributed by atoms with E-state index in [0.29, 0.717) is 0 Å². The quantitative estimate of drug-likeness (QED) is 0.522. The molecule has 0 saturated carbocycles. The second kappa shape index (κ2) is 12.7. The lowest BCUT2D eigenvalue weighted by atomic mass is 10.0. The third-order valence-corrected chi connectivity index (χ3v) is 6.95. The van der Waals surface area contributed by atoms with E-state index in [0.717, 1.165) is 5.56 Å². The van der Waals surface area contributed by atoms with Crippen molar-refractivity contribution in [1.29, 1.82) is 0 Å². The van der Waals surface area contributed by atoms with Crippen LogP contribution < -0.4 is 4.72 Å². The van der Waals surface area contributed by atoms with Crippen LogP contribution in [0.2, 0.25) is 0 Å². The number of sulfonamides is 1. The molecule has 0 amide bonds. The lowest BCUT2D eigenvalue weighted by molar-refractivity contribution is -0.147. The molecular formula is C24H33NO7S. The molecule has 182 valence electrons. The maximum Gasteiger partial charge on any atom is 0.309 e. The van der Waals surface area contributed by atoms with Crippen LogP contribution in [0.25, 0.3) is 0 Å². The summed E-state index contributed by atoms with van der Waals surface area (Å²) in [5.41, 5.74) is 0.940. The molecule has 1 aromatic carbocycles. The number of nitrogens with one attached hydrogen (secondary N) is 1. The van der Waals surface area contributed by atoms with Gasteiger partial charge in [-0.1, -0.05) is 55.8 Å². The number of methoxy groups -OCH3 is 1. The predicted molar refractivity (Wildman–Crippen MR) is 124 cm³/mol. The summed E-state index contributed by atoms with van der Waals surface area (Å²) in [6, 6.07) is 5.75. The van der Waals surface area contributed by atoms with E-state index in [2.05, 4.69) is 4.72 Å². The molecule has 0 radical (unpaired) electrons. The highest BCUT2D eigenvalue weighted by atomic mass is 32.2. The molecule has 0 fully saturated rings. The van der Waals surface area contributed by atoms with Crippen molar-refractivity contribution in [3.05, 3.63) is 54.1 Å². The van der Waals surface area contributed by atoms with Gasteiger partial charge in [-0.3, -0.25) is 9.59 Å². The van der Waals surface area contributed by atoms with Crippen molar-refractivity contribution in [2.45, 2.75) is 50.7 Å². The van der Waals surface area contributed by atoms with Crippen LogP contribution in [0.4, 0.5) is 0 Å². The Morgan fingerprint density at radius 1 is 0.909 bits per heavy atom. The maximum atomic E-state index is 12.9. The lowest BCUT2D eigenvalue weighted by Crippen LogP contribution is -2.42. The third-order valence-electron chi connectivity index (χ3n) is 5.44. The predicted octanol–water partition coefficient (Wildman–Crippen LogP) is 2.92. The zero-order chi connectivity index (χ0) is 24.4. The highest BCUT2D eigenvalue weighted by Crippen LogP contribution is 2.16. The number of ether oxygens (including phenoxy) is 3. The number of esters is 2. The SMILES string of the molecule is CO[C@H]1COC(=O)CC=C[C@H](C)[C@@H](NS(=O)(=O)c2ccc(C)cc2)COC(=O)CC=C[C@@H]1C. The second-order valence-electron chi connectivity index (χ2n) is 8.16. The van der Waals surface area contributed by atoms with E-state index < -0.39 is 28.0 Å². The Labute approximate surface area is 196 Å². The average Bonchev–Trinajstić information content (AvgIpc) is 2.76. The molecule has 0 spiro atoms. The van der Waals surface area contributed by atoms with Crippen molar-refractivity contribution in [2.24, 2.45) is 11.8 Å². The molecule has 0 bridgehead atoms. The number of aryl methyl sites for hydroxylation is 1. The number of rotatable bonds is 4. The van der Waals surface area contributed by atoms with Gasteiger partial charge in [-0.2, -0.15) is 0 Å². The second-order valence-corrected chi connectivity index (χ2v) is 9.88. The molecule has 1 heterocycles. The summed E-state index contributed by atoms with van der Waals surface area (Å²) in [5.74, 6) is -1.33. The van der Waals surface area contributed by atoms with Crippen LogP contribution in [0, 0.1) is 18.8 Å². The van der Waals surface area contributed by atoms with Crippen LogP contribution in [0.15, 0.2) is 53.5 Å². The lowest BCUT2D eigenvalue weighted by Gasteiger charge is -2.23. The van der Waals surface area contributed by atoms with Gasteiger partial charge in [0.25, 0.3) is 0 Å². The van der Waals surface area contributed by atoms with E-state index in [1.54, 1.807) is 43.4 Å². The van der Waals surface area contributed by atoms with Gasteiger partial charge in [-0.25, -0.2) is 13.1 Å². The van der Waals surface area contributed by atoms with Crippen molar-refractivity contribution in [1.82, 2.24) is 4.72 Å². The zero-order valence-corrected chi connectivity index (χ0v) is 20.3. The Bertz CT molecular complexity index is 954. The van der Waals surface area contributed by atoms with Crippen molar-refractivity contribution >= 4 is 22.0 Å². The van der Waals surface area contributed by atoms with Crippen molar-refractivity contribution in [3.63, 3.8) is 0 Å². The molecular weight excluding hydrogens is 446 g/mol. The molecule has 2 rings (SSSR count). The molecule has 0 aromatic heterocycles. The Hall–Kier alpha value is -2.49. The number of cyclic esters (lactones) is 2. The van der Waals surface area contributed by atoms with E-state index in [1.165, 1.54) is 19.2 Å². The minimum Gasteiger partial charge on any atom is -0.464 e. The number of hydrogen-bond donors (Lipinski definition) is 1. The number of carbonyl (C=O) groups is 2. The van der Waals surface area contributed by atoms with Gasteiger partial charge in [0, 0.05) is 13.0 Å². The van der Waals surface area contributed by atoms with Gasteiger partial charge in [-0.15, -0.1) is 0 Å². The van der Waals surface area contributed by atoms with Crippen LogP contribution >= 0.6 is 0 Å². The van der Waals surface area contributed by atoms with Crippen molar-refractivity contribution in [2.75, 3.05) is 20.3 Å². The smallest absolute Gasteiger partial charge is 0.309 e. The molecule has 4 atom stereocenters. The Kier molecular flexibility index (Phi) is 10.3. The van der Waals surface area contributed by atoms with Crippen molar-refractivity contribution < 1.29 is 32.2 Å². The van der Waals surface area contributed by atoms with Gasteiger partial charge in [0.15, 0.2) is 0 Å².